The summed E-state index contributed by atoms with van der Waals surface area (Å²) in [5, 5.41) is 3.32. The van der Waals surface area contributed by atoms with Gasteiger partial charge >= 0.3 is 0 Å². The number of nitrogens with one attached hydrogen (secondary N) is 1. The average Bonchev–Trinajstić information content (AvgIpc) is 2.32. The van der Waals surface area contributed by atoms with Crippen LogP contribution in [0.15, 0.2) is 0 Å². The Labute approximate surface area is 98.6 Å². The predicted octanol–water partition coefficient (Wildman–Crippen LogP) is 1.63. The van der Waals surface area contributed by atoms with Crippen molar-refractivity contribution in [2.24, 2.45) is 11.8 Å². The fraction of sp³-hybridized carbons (Fsp3) is 0.923. The van der Waals surface area contributed by atoms with Crippen molar-refractivity contribution in [1.29, 1.82) is 0 Å². The van der Waals surface area contributed by atoms with Crippen LogP contribution >= 0.6 is 0 Å². The molecule has 2 aliphatic rings. The third kappa shape index (κ3) is 2.57. The average molecular weight is 224 g/mol. The van der Waals surface area contributed by atoms with E-state index in [1.807, 2.05) is 0 Å². The van der Waals surface area contributed by atoms with Crippen LogP contribution in [0.1, 0.15) is 39.5 Å². The zero-order valence-corrected chi connectivity index (χ0v) is 10.5. The SMILES string of the molecule is CC1CCC(C)N(C(=O)C2CCNCC2)C1. The predicted molar refractivity (Wildman–Crippen MR) is 65.2 cm³/mol. The summed E-state index contributed by atoms with van der Waals surface area (Å²) in [5.74, 6) is 1.39. The number of hydrogen-bond donors (Lipinski definition) is 1. The molecule has 2 unspecified atom stereocenters. The van der Waals surface area contributed by atoms with E-state index in [0.29, 0.717) is 17.9 Å². The molecule has 0 radical (unpaired) electrons. The number of rotatable bonds is 1. The molecule has 2 rings (SSSR count). The maximum Gasteiger partial charge on any atom is 0.226 e. The number of amides is 1. The third-order valence-electron chi connectivity index (χ3n) is 4.09. The van der Waals surface area contributed by atoms with Crippen molar-refractivity contribution in [2.45, 2.75) is 45.6 Å². The zero-order valence-electron chi connectivity index (χ0n) is 10.5. The van der Waals surface area contributed by atoms with Gasteiger partial charge in [0.15, 0.2) is 0 Å². The molecule has 2 heterocycles. The molecule has 0 spiro atoms. The van der Waals surface area contributed by atoms with Crippen LogP contribution in [-0.2, 0) is 4.79 Å². The second-order valence-electron chi connectivity index (χ2n) is 5.55. The first-order valence-corrected chi connectivity index (χ1v) is 6.69. The van der Waals surface area contributed by atoms with Crippen molar-refractivity contribution in [1.82, 2.24) is 10.2 Å². The van der Waals surface area contributed by atoms with Crippen LogP contribution in [0.2, 0.25) is 0 Å². The quantitative estimate of drug-likeness (QED) is 0.734. The highest BCUT2D eigenvalue weighted by atomic mass is 16.2. The summed E-state index contributed by atoms with van der Waals surface area (Å²) in [5.41, 5.74) is 0. The number of piperidine rings is 2. The van der Waals surface area contributed by atoms with E-state index in [4.69, 9.17) is 0 Å². The van der Waals surface area contributed by atoms with E-state index in [1.54, 1.807) is 0 Å². The minimum Gasteiger partial charge on any atom is -0.339 e. The Kier molecular flexibility index (Phi) is 3.85. The molecule has 16 heavy (non-hydrogen) atoms. The molecule has 2 aliphatic heterocycles. The number of hydrogen-bond acceptors (Lipinski definition) is 2. The van der Waals surface area contributed by atoms with Crippen molar-refractivity contribution >= 4 is 5.91 Å². The molecule has 0 saturated carbocycles. The van der Waals surface area contributed by atoms with Crippen LogP contribution in [0.25, 0.3) is 0 Å². The van der Waals surface area contributed by atoms with Gasteiger partial charge in [0, 0.05) is 18.5 Å². The Morgan fingerprint density at radius 1 is 1.12 bits per heavy atom. The highest BCUT2D eigenvalue weighted by Gasteiger charge is 2.31. The molecule has 0 aromatic rings. The van der Waals surface area contributed by atoms with Crippen LogP contribution in [0, 0.1) is 11.8 Å². The standard InChI is InChI=1S/C13H24N2O/c1-10-3-4-11(2)15(9-10)13(16)12-5-7-14-8-6-12/h10-12,14H,3-9H2,1-2H3. The molecule has 2 fully saturated rings. The van der Waals surface area contributed by atoms with Gasteiger partial charge in [-0.05, 0) is 51.6 Å². The zero-order chi connectivity index (χ0) is 11.5. The summed E-state index contributed by atoms with van der Waals surface area (Å²) in [6.07, 6.45) is 4.50. The Morgan fingerprint density at radius 2 is 1.81 bits per heavy atom. The molecule has 2 atom stereocenters. The maximum atomic E-state index is 12.4. The number of likely N-dealkylation sites (tertiary alicyclic amines) is 1. The van der Waals surface area contributed by atoms with Gasteiger partial charge in [0.05, 0.1) is 0 Å². The highest BCUT2D eigenvalue weighted by molar-refractivity contribution is 5.79. The first-order valence-electron chi connectivity index (χ1n) is 6.69. The lowest BCUT2D eigenvalue weighted by molar-refractivity contribution is -0.140. The minimum atomic E-state index is 0.286. The van der Waals surface area contributed by atoms with Crippen LogP contribution in [0.4, 0.5) is 0 Å². The van der Waals surface area contributed by atoms with Gasteiger partial charge in [-0.15, -0.1) is 0 Å². The van der Waals surface area contributed by atoms with Gasteiger partial charge in [0.2, 0.25) is 5.91 Å². The molecule has 0 aliphatic carbocycles. The molecule has 1 amide bonds. The van der Waals surface area contributed by atoms with E-state index in [0.717, 1.165) is 32.5 Å². The summed E-state index contributed by atoms with van der Waals surface area (Å²) in [6.45, 7) is 7.45. The summed E-state index contributed by atoms with van der Waals surface area (Å²) in [7, 11) is 0. The Balaban J connectivity index is 1.96. The molecule has 92 valence electrons. The van der Waals surface area contributed by atoms with Gasteiger partial charge in [-0.2, -0.15) is 0 Å². The van der Waals surface area contributed by atoms with Crippen molar-refractivity contribution in [3.05, 3.63) is 0 Å². The molecular weight excluding hydrogens is 200 g/mol. The fourth-order valence-corrected chi connectivity index (χ4v) is 2.90. The minimum absolute atomic E-state index is 0.286. The molecule has 0 bridgehead atoms. The lowest BCUT2D eigenvalue weighted by atomic mass is 9.91. The van der Waals surface area contributed by atoms with Crippen molar-refractivity contribution in [2.75, 3.05) is 19.6 Å². The Hall–Kier alpha value is -0.570. The van der Waals surface area contributed by atoms with E-state index in [1.165, 1.54) is 12.8 Å². The van der Waals surface area contributed by atoms with Gasteiger partial charge in [0.25, 0.3) is 0 Å². The van der Waals surface area contributed by atoms with Crippen molar-refractivity contribution in [3.63, 3.8) is 0 Å². The van der Waals surface area contributed by atoms with Crippen LogP contribution < -0.4 is 5.32 Å². The normalized spacial score (nSPS) is 32.8. The molecule has 0 aromatic carbocycles. The van der Waals surface area contributed by atoms with Crippen LogP contribution in [0.3, 0.4) is 0 Å². The second-order valence-corrected chi connectivity index (χ2v) is 5.55. The third-order valence-corrected chi connectivity index (χ3v) is 4.09. The van der Waals surface area contributed by atoms with Gasteiger partial charge in [-0.3, -0.25) is 4.79 Å². The Bertz CT molecular complexity index is 248. The maximum absolute atomic E-state index is 12.4. The van der Waals surface area contributed by atoms with E-state index in [-0.39, 0.29) is 5.92 Å². The summed E-state index contributed by atoms with van der Waals surface area (Å²) in [4.78, 5) is 14.6. The summed E-state index contributed by atoms with van der Waals surface area (Å²) in [6, 6.07) is 0.457. The van der Waals surface area contributed by atoms with Gasteiger partial charge < -0.3 is 10.2 Å². The Morgan fingerprint density at radius 3 is 2.50 bits per heavy atom. The van der Waals surface area contributed by atoms with Gasteiger partial charge in [-0.1, -0.05) is 6.92 Å². The molecule has 1 N–H and O–H groups in total. The fourth-order valence-electron chi connectivity index (χ4n) is 2.90. The summed E-state index contributed by atoms with van der Waals surface area (Å²) < 4.78 is 0. The first kappa shape index (κ1) is 11.9. The molecule has 3 nitrogen and oxygen atoms in total. The lowest BCUT2D eigenvalue weighted by Gasteiger charge is -2.39. The number of carbonyl (C=O) groups is 1. The van der Waals surface area contributed by atoms with E-state index in [2.05, 4.69) is 24.1 Å². The number of nitrogens with zero attached hydrogens (tertiary/aromatic N) is 1. The molecule has 2 saturated heterocycles. The van der Waals surface area contributed by atoms with E-state index in [9.17, 15) is 4.79 Å². The first-order chi connectivity index (χ1) is 7.68. The van der Waals surface area contributed by atoms with E-state index >= 15 is 0 Å². The monoisotopic (exact) mass is 224 g/mol. The van der Waals surface area contributed by atoms with Crippen molar-refractivity contribution < 1.29 is 4.79 Å². The van der Waals surface area contributed by atoms with Crippen LogP contribution in [0.5, 0.6) is 0 Å². The largest absolute Gasteiger partial charge is 0.339 e. The van der Waals surface area contributed by atoms with Crippen LogP contribution in [-0.4, -0.2) is 36.5 Å². The highest BCUT2D eigenvalue weighted by Crippen LogP contribution is 2.25. The molecular formula is C13H24N2O. The molecule has 3 heteroatoms. The van der Waals surface area contributed by atoms with Gasteiger partial charge in [-0.25, -0.2) is 0 Å². The van der Waals surface area contributed by atoms with E-state index < -0.39 is 0 Å². The number of carbonyl (C=O) groups excluding carboxylic acids is 1. The second kappa shape index (κ2) is 5.17. The van der Waals surface area contributed by atoms with Crippen molar-refractivity contribution in [3.8, 4) is 0 Å². The van der Waals surface area contributed by atoms with Gasteiger partial charge in [0.1, 0.15) is 0 Å². The molecule has 0 aromatic heterocycles. The summed E-state index contributed by atoms with van der Waals surface area (Å²) >= 11 is 0. The lowest BCUT2D eigenvalue weighted by Crippen LogP contribution is -2.49. The topological polar surface area (TPSA) is 32.3 Å². The smallest absolute Gasteiger partial charge is 0.226 e.